The number of hydrogen-bond acceptors (Lipinski definition) is 2. The molecule has 0 bridgehead atoms. The van der Waals surface area contributed by atoms with E-state index in [4.69, 9.17) is 0 Å². The molecule has 0 aliphatic carbocycles. The number of aromatic nitrogens is 1. The van der Waals surface area contributed by atoms with Crippen LogP contribution in [0.4, 0.5) is 4.39 Å². The van der Waals surface area contributed by atoms with Crippen molar-refractivity contribution in [3.63, 3.8) is 0 Å². The summed E-state index contributed by atoms with van der Waals surface area (Å²) in [5.41, 5.74) is 0.795. The van der Waals surface area contributed by atoms with E-state index in [1.54, 1.807) is 7.85 Å². The molecule has 0 fully saturated rings. The highest BCUT2D eigenvalue weighted by Gasteiger charge is 1.99. The third-order valence-electron chi connectivity index (χ3n) is 1.13. The molecule has 0 unspecified atom stereocenters. The lowest BCUT2D eigenvalue weighted by atomic mass is 9.97. The van der Waals surface area contributed by atoms with Crippen LogP contribution in [0.3, 0.4) is 0 Å². The van der Waals surface area contributed by atoms with Crippen LogP contribution in [0.15, 0.2) is 12.3 Å². The number of carbonyl (C=O) groups is 1. The minimum absolute atomic E-state index is 0.0139. The molecule has 0 saturated carbocycles. The Morgan fingerprint density at radius 1 is 1.70 bits per heavy atom. The fourth-order valence-electron chi connectivity index (χ4n) is 0.658. The highest BCUT2D eigenvalue weighted by atomic mass is 19.1. The third-order valence-corrected chi connectivity index (χ3v) is 1.13. The molecule has 0 saturated heterocycles. The number of carbonyl (C=O) groups excluding carboxylic acids is 1. The molecule has 1 aromatic rings. The van der Waals surface area contributed by atoms with E-state index < -0.39 is 5.95 Å². The zero-order valence-electron chi connectivity index (χ0n) is 5.47. The Morgan fingerprint density at radius 2 is 2.40 bits per heavy atom. The molecule has 0 atom stereocenters. The fourth-order valence-corrected chi connectivity index (χ4v) is 0.658. The average Bonchev–Trinajstić information content (AvgIpc) is 1.94. The summed E-state index contributed by atoms with van der Waals surface area (Å²) in [5.74, 6) is -0.708. The summed E-state index contributed by atoms with van der Waals surface area (Å²) < 4.78 is 12.4. The number of halogens is 1. The number of nitrogens with zero attached hydrogens (tertiary/aromatic N) is 1. The second kappa shape index (κ2) is 2.60. The lowest BCUT2D eigenvalue weighted by Gasteiger charge is -1.93. The van der Waals surface area contributed by atoms with Gasteiger partial charge in [-0.3, -0.25) is 4.79 Å². The van der Waals surface area contributed by atoms with Crippen LogP contribution in [0.1, 0.15) is 10.4 Å². The molecule has 1 aromatic heterocycles. The fraction of sp³-hybridized carbons (Fsp3) is 0. The van der Waals surface area contributed by atoms with E-state index in [0.717, 1.165) is 5.46 Å². The van der Waals surface area contributed by atoms with Gasteiger partial charge >= 0.3 is 0 Å². The summed E-state index contributed by atoms with van der Waals surface area (Å²) in [6.07, 6.45) is 1.83. The van der Waals surface area contributed by atoms with Crippen molar-refractivity contribution in [2.24, 2.45) is 0 Å². The van der Waals surface area contributed by atoms with E-state index in [9.17, 15) is 9.18 Å². The van der Waals surface area contributed by atoms with E-state index in [1.807, 2.05) is 0 Å². The molecule has 10 heavy (non-hydrogen) atoms. The molecule has 0 aliphatic heterocycles. The van der Waals surface area contributed by atoms with Crippen molar-refractivity contribution in [1.29, 1.82) is 0 Å². The third kappa shape index (κ3) is 1.21. The zero-order valence-corrected chi connectivity index (χ0v) is 5.47. The van der Waals surface area contributed by atoms with Crippen LogP contribution >= 0.6 is 0 Å². The van der Waals surface area contributed by atoms with Gasteiger partial charge in [-0.25, -0.2) is 4.98 Å². The maximum absolute atomic E-state index is 12.4. The molecule has 0 N–H and O–H groups in total. The van der Waals surface area contributed by atoms with Crippen molar-refractivity contribution in [1.82, 2.24) is 4.98 Å². The normalized spacial score (nSPS) is 9.30. The van der Waals surface area contributed by atoms with Crippen LogP contribution in [-0.4, -0.2) is 19.1 Å². The predicted molar refractivity (Wildman–Crippen MR) is 37.8 cm³/mol. The van der Waals surface area contributed by atoms with Gasteiger partial charge in [-0.2, -0.15) is 4.39 Å². The first kappa shape index (κ1) is 6.93. The molecule has 0 aromatic carbocycles. The molecule has 0 amide bonds. The van der Waals surface area contributed by atoms with Crippen LogP contribution in [0.25, 0.3) is 0 Å². The first-order valence-electron chi connectivity index (χ1n) is 2.81. The van der Waals surface area contributed by atoms with Crippen molar-refractivity contribution in [2.75, 3.05) is 0 Å². The van der Waals surface area contributed by atoms with E-state index in [2.05, 4.69) is 4.98 Å². The summed E-state index contributed by atoms with van der Waals surface area (Å²) in [6, 6.07) is 1.45. The van der Waals surface area contributed by atoms with Crippen molar-refractivity contribution < 1.29 is 9.18 Å². The predicted octanol–water partition coefficient (Wildman–Crippen LogP) is -0.708. The van der Waals surface area contributed by atoms with Crippen LogP contribution in [-0.2, 0) is 0 Å². The topological polar surface area (TPSA) is 30.0 Å². The van der Waals surface area contributed by atoms with E-state index in [1.165, 1.54) is 12.3 Å². The average molecular weight is 137 g/mol. The van der Waals surface area contributed by atoms with Crippen LogP contribution in [0, 0.1) is 5.95 Å². The first-order chi connectivity index (χ1) is 4.74. The molecule has 50 valence electrons. The highest BCUT2D eigenvalue weighted by Crippen LogP contribution is 1.95. The molecule has 1 heterocycles. The van der Waals surface area contributed by atoms with Crippen LogP contribution < -0.4 is 5.46 Å². The summed E-state index contributed by atoms with van der Waals surface area (Å²) in [5, 5.41) is 0. The van der Waals surface area contributed by atoms with Gasteiger partial charge in [-0.1, -0.05) is 11.5 Å². The minimum Gasteiger partial charge on any atom is -0.298 e. The molecular weight excluding hydrogens is 132 g/mol. The van der Waals surface area contributed by atoms with Gasteiger partial charge in [0.05, 0.1) is 5.56 Å². The van der Waals surface area contributed by atoms with Gasteiger partial charge in [-0.05, 0) is 0 Å². The Labute approximate surface area is 58.5 Å². The maximum atomic E-state index is 12.4. The molecule has 4 heteroatoms. The molecular formula is C6H5BFNO. The number of rotatable bonds is 1. The summed E-state index contributed by atoms with van der Waals surface area (Å²) in [7, 11) is 1.75. The summed E-state index contributed by atoms with van der Waals surface area (Å²) >= 11 is 0. The summed E-state index contributed by atoms with van der Waals surface area (Å²) in [6.45, 7) is 0. The Balaban J connectivity index is 3.21. The largest absolute Gasteiger partial charge is 0.298 e. The van der Waals surface area contributed by atoms with E-state index >= 15 is 0 Å². The zero-order chi connectivity index (χ0) is 7.56. The van der Waals surface area contributed by atoms with Gasteiger partial charge in [-0.15, -0.1) is 0 Å². The maximum Gasteiger partial charge on any atom is 0.223 e. The first-order valence-corrected chi connectivity index (χ1v) is 2.81. The Bertz CT molecular complexity index is 264. The van der Waals surface area contributed by atoms with Gasteiger partial charge < -0.3 is 0 Å². The molecule has 0 spiro atoms. The molecule has 2 nitrogen and oxygen atoms in total. The smallest absolute Gasteiger partial charge is 0.223 e. The second-order valence-corrected chi connectivity index (χ2v) is 2.01. The Kier molecular flexibility index (Phi) is 1.80. The van der Waals surface area contributed by atoms with Crippen LogP contribution in [0.5, 0.6) is 0 Å². The van der Waals surface area contributed by atoms with Crippen molar-refractivity contribution in [3.05, 3.63) is 23.8 Å². The monoisotopic (exact) mass is 137 g/mol. The van der Waals surface area contributed by atoms with Gasteiger partial charge in [0.2, 0.25) is 5.95 Å². The van der Waals surface area contributed by atoms with Crippen molar-refractivity contribution in [2.45, 2.75) is 0 Å². The summed E-state index contributed by atoms with van der Waals surface area (Å²) in [4.78, 5) is 13.5. The SMILES string of the molecule is Bc1cnc(F)c(C=O)c1. The molecule has 0 radical (unpaired) electrons. The van der Waals surface area contributed by atoms with Gasteiger partial charge in [0, 0.05) is 6.20 Å². The number of aldehydes is 1. The Morgan fingerprint density at radius 3 is 2.90 bits per heavy atom. The van der Waals surface area contributed by atoms with Gasteiger partial charge in [0.1, 0.15) is 7.85 Å². The second-order valence-electron chi connectivity index (χ2n) is 2.01. The standard InChI is InChI=1S/C6H5BFNO/c7-5-1-4(3-10)6(8)9-2-5/h1-3H,7H2. The number of hydrogen-bond donors (Lipinski definition) is 0. The van der Waals surface area contributed by atoms with E-state index in [0.29, 0.717) is 6.29 Å². The molecule has 0 aliphatic rings. The van der Waals surface area contributed by atoms with Crippen molar-refractivity contribution in [3.8, 4) is 0 Å². The Hall–Kier alpha value is -1.19. The van der Waals surface area contributed by atoms with Gasteiger partial charge in [0.25, 0.3) is 0 Å². The minimum atomic E-state index is -0.708. The number of pyridine rings is 1. The quantitative estimate of drug-likeness (QED) is 0.290. The lowest BCUT2D eigenvalue weighted by Crippen LogP contribution is -2.07. The van der Waals surface area contributed by atoms with Crippen molar-refractivity contribution >= 4 is 19.6 Å². The van der Waals surface area contributed by atoms with Gasteiger partial charge in [0.15, 0.2) is 6.29 Å². The highest BCUT2D eigenvalue weighted by molar-refractivity contribution is 6.32. The van der Waals surface area contributed by atoms with E-state index in [-0.39, 0.29) is 5.56 Å². The lowest BCUT2D eigenvalue weighted by molar-refractivity contribution is 0.111. The molecule has 1 rings (SSSR count). The van der Waals surface area contributed by atoms with Crippen LogP contribution in [0.2, 0.25) is 0 Å².